The molecular weight excluding hydrogens is 264 g/mol. The molecule has 0 radical (unpaired) electrons. The summed E-state index contributed by atoms with van der Waals surface area (Å²) >= 11 is 0. The lowest BCUT2D eigenvalue weighted by Gasteiger charge is -1.99. The zero-order chi connectivity index (χ0) is 15.8. The van der Waals surface area contributed by atoms with E-state index in [0.29, 0.717) is 12.8 Å². The van der Waals surface area contributed by atoms with Crippen molar-refractivity contribution in [2.75, 3.05) is 0 Å². The van der Waals surface area contributed by atoms with Crippen molar-refractivity contribution in [1.82, 2.24) is 0 Å². The molecule has 0 rings (SSSR count). The molecule has 0 aromatic heterocycles. The first-order chi connectivity index (χ1) is 10.2. The molecule has 0 aliphatic carbocycles. The molecule has 0 heterocycles. The van der Waals surface area contributed by atoms with Crippen LogP contribution in [-0.4, -0.2) is 22.3 Å². The van der Waals surface area contributed by atoms with Crippen LogP contribution in [0.2, 0.25) is 0 Å². The van der Waals surface area contributed by atoms with Gasteiger partial charge in [-0.05, 0) is 32.1 Å². The first-order valence-electron chi connectivity index (χ1n) is 8.05. The SMILES string of the molecule is CCC=CCC(O)C=CC=CCCCCCCCC(=O)O. The second-order valence-corrected chi connectivity index (χ2v) is 5.20. The average Bonchev–Trinajstić information content (AvgIpc) is 2.44. The number of carboxylic acid groups (broad SMARTS) is 1. The molecule has 0 aliphatic rings. The van der Waals surface area contributed by atoms with Crippen molar-refractivity contribution in [1.29, 1.82) is 0 Å². The fourth-order valence-electron chi connectivity index (χ4n) is 1.92. The summed E-state index contributed by atoms with van der Waals surface area (Å²) in [6, 6.07) is 0. The van der Waals surface area contributed by atoms with E-state index < -0.39 is 12.1 Å². The Morgan fingerprint density at radius 2 is 1.71 bits per heavy atom. The van der Waals surface area contributed by atoms with Gasteiger partial charge in [0, 0.05) is 6.42 Å². The van der Waals surface area contributed by atoms with Gasteiger partial charge in [0.2, 0.25) is 0 Å². The Balaban J connectivity index is 3.43. The highest BCUT2D eigenvalue weighted by molar-refractivity contribution is 5.66. The van der Waals surface area contributed by atoms with E-state index >= 15 is 0 Å². The quantitative estimate of drug-likeness (QED) is 0.296. The summed E-state index contributed by atoms with van der Waals surface area (Å²) in [6.45, 7) is 2.08. The van der Waals surface area contributed by atoms with Crippen molar-refractivity contribution in [2.45, 2.75) is 70.8 Å². The number of aliphatic hydroxyl groups is 1. The van der Waals surface area contributed by atoms with Crippen LogP contribution in [-0.2, 0) is 4.79 Å². The summed E-state index contributed by atoms with van der Waals surface area (Å²) < 4.78 is 0. The molecule has 0 saturated carbocycles. The number of hydrogen-bond donors (Lipinski definition) is 2. The zero-order valence-electron chi connectivity index (χ0n) is 13.2. The molecule has 0 fully saturated rings. The van der Waals surface area contributed by atoms with Crippen molar-refractivity contribution in [3.63, 3.8) is 0 Å². The van der Waals surface area contributed by atoms with Crippen molar-refractivity contribution in [3.05, 3.63) is 36.5 Å². The number of allylic oxidation sites excluding steroid dienone is 4. The lowest BCUT2D eigenvalue weighted by atomic mass is 10.1. The fraction of sp³-hybridized carbons (Fsp3) is 0.611. The first-order valence-corrected chi connectivity index (χ1v) is 8.05. The third-order valence-electron chi connectivity index (χ3n) is 3.12. The van der Waals surface area contributed by atoms with Gasteiger partial charge in [-0.3, -0.25) is 4.79 Å². The van der Waals surface area contributed by atoms with Gasteiger partial charge >= 0.3 is 5.97 Å². The van der Waals surface area contributed by atoms with Gasteiger partial charge in [-0.25, -0.2) is 0 Å². The molecule has 0 aromatic carbocycles. The molecule has 3 heteroatoms. The summed E-state index contributed by atoms with van der Waals surface area (Å²) in [5.41, 5.74) is 0. The summed E-state index contributed by atoms with van der Waals surface area (Å²) in [5, 5.41) is 18.1. The Morgan fingerprint density at radius 1 is 1.00 bits per heavy atom. The van der Waals surface area contributed by atoms with Crippen molar-refractivity contribution < 1.29 is 15.0 Å². The van der Waals surface area contributed by atoms with E-state index in [0.717, 1.165) is 44.9 Å². The van der Waals surface area contributed by atoms with Gasteiger partial charge in [0.05, 0.1) is 6.10 Å². The van der Waals surface area contributed by atoms with Crippen LogP contribution in [0.4, 0.5) is 0 Å². The number of carboxylic acids is 1. The molecule has 0 aliphatic heterocycles. The summed E-state index contributed by atoms with van der Waals surface area (Å²) in [5.74, 6) is -0.697. The first kappa shape index (κ1) is 19.7. The second-order valence-electron chi connectivity index (χ2n) is 5.20. The molecule has 2 N–H and O–H groups in total. The Hall–Kier alpha value is -1.35. The molecule has 0 amide bonds. The number of rotatable bonds is 13. The number of unbranched alkanes of at least 4 members (excludes halogenated alkanes) is 5. The van der Waals surface area contributed by atoms with E-state index in [9.17, 15) is 9.90 Å². The van der Waals surface area contributed by atoms with Crippen LogP contribution >= 0.6 is 0 Å². The summed E-state index contributed by atoms with van der Waals surface area (Å²) in [4.78, 5) is 10.3. The van der Waals surface area contributed by atoms with Crippen LogP contribution in [0.15, 0.2) is 36.5 Å². The minimum atomic E-state index is -0.697. The second kappa shape index (κ2) is 15.0. The summed E-state index contributed by atoms with van der Waals surface area (Å²) in [7, 11) is 0. The highest BCUT2D eigenvalue weighted by Crippen LogP contribution is 2.07. The maximum Gasteiger partial charge on any atom is 0.303 e. The molecule has 3 nitrogen and oxygen atoms in total. The Bertz CT molecular complexity index is 329. The Labute approximate surface area is 129 Å². The predicted molar refractivity (Wildman–Crippen MR) is 88.3 cm³/mol. The molecule has 21 heavy (non-hydrogen) atoms. The molecule has 1 atom stereocenters. The van der Waals surface area contributed by atoms with E-state index in [2.05, 4.69) is 19.1 Å². The lowest BCUT2D eigenvalue weighted by molar-refractivity contribution is -0.137. The number of carbonyl (C=O) groups is 1. The van der Waals surface area contributed by atoms with Gasteiger partial charge in [0.25, 0.3) is 0 Å². The predicted octanol–water partition coefficient (Wildman–Crippen LogP) is 4.63. The van der Waals surface area contributed by atoms with Crippen molar-refractivity contribution >= 4 is 5.97 Å². The van der Waals surface area contributed by atoms with Crippen molar-refractivity contribution in [3.8, 4) is 0 Å². The van der Waals surface area contributed by atoms with Crippen LogP contribution in [0.25, 0.3) is 0 Å². The van der Waals surface area contributed by atoms with Crippen LogP contribution in [0.3, 0.4) is 0 Å². The van der Waals surface area contributed by atoms with Crippen LogP contribution in [0, 0.1) is 0 Å². The zero-order valence-corrected chi connectivity index (χ0v) is 13.2. The van der Waals surface area contributed by atoms with Gasteiger partial charge in [-0.1, -0.05) is 62.6 Å². The molecule has 0 aromatic rings. The lowest BCUT2D eigenvalue weighted by Crippen LogP contribution is -1.98. The Morgan fingerprint density at radius 3 is 2.43 bits per heavy atom. The fourth-order valence-corrected chi connectivity index (χ4v) is 1.92. The summed E-state index contributed by atoms with van der Waals surface area (Å²) in [6.07, 6.45) is 19.7. The minimum Gasteiger partial charge on any atom is -0.481 e. The molecule has 0 bridgehead atoms. The normalized spacial score (nSPS) is 13.6. The van der Waals surface area contributed by atoms with Crippen LogP contribution in [0.1, 0.15) is 64.7 Å². The van der Waals surface area contributed by atoms with Crippen molar-refractivity contribution in [2.24, 2.45) is 0 Å². The highest BCUT2D eigenvalue weighted by atomic mass is 16.4. The molecular formula is C18H30O3. The van der Waals surface area contributed by atoms with E-state index in [4.69, 9.17) is 5.11 Å². The minimum absolute atomic E-state index is 0.292. The largest absolute Gasteiger partial charge is 0.481 e. The monoisotopic (exact) mass is 294 g/mol. The van der Waals surface area contributed by atoms with Crippen LogP contribution in [0.5, 0.6) is 0 Å². The number of aliphatic carboxylic acids is 1. The smallest absolute Gasteiger partial charge is 0.303 e. The van der Waals surface area contributed by atoms with E-state index in [1.165, 1.54) is 0 Å². The molecule has 0 spiro atoms. The van der Waals surface area contributed by atoms with Gasteiger partial charge < -0.3 is 10.2 Å². The van der Waals surface area contributed by atoms with Gasteiger partial charge in [0.1, 0.15) is 0 Å². The maximum absolute atomic E-state index is 10.3. The number of hydrogen-bond acceptors (Lipinski definition) is 2. The van der Waals surface area contributed by atoms with E-state index in [-0.39, 0.29) is 0 Å². The van der Waals surface area contributed by atoms with Gasteiger partial charge in [-0.15, -0.1) is 0 Å². The van der Waals surface area contributed by atoms with E-state index in [1.807, 2.05) is 24.3 Å². The number of aliphatic hydroxyl groups excluding tert-OH is 1. The third kappa shape index (κ3) is 16.6. The molecule has 0 saturated heterocycles. The average molecular weight is 294 g/mol. The van der Waals surface area contributed by atoms with Gasteiger partial charge in [0.15, 0.2) is 0 Å². The standard InChI is InChI=1S/C18H30O3/c1-2-3-11-14-17(19)15-12-9-7-5-4-6-8-10-13-16-18(20)21/h3,7,9,11-12,15,17,19H,2,4-6,8,10,13-14,16H2,1H3,(H,20,21). The third-order valence-corrected chi connectivity index (χ3v) is 3.12. The molecule has 120 valence electrons. The maximum atomic E-state index is 10.3. The Kier molecular flexibility index (Phi) is 14.1. The van der Waals surface area contributed by atoms with E-state index in [1.54, 1.807) is 0 Å². The van der Waals surface area contributed by atoms with Crippen LogP contribution < -0.4 is 0 Å². The van der Waals surface area contributed by atoms with Gasteiger partial charge in [-0.2, -0.15) is 0 Å². The molecule has 1 unspecified atom stereocenters. The highest BCUT2D eigenvalue weighted by Gasteiger charge is 1.96. The topological polar surface area (TPSA) is 57.5 Å².